The second-order valence-corrected chi connectivity index (χ2v) is 4.58. The number of nitrogens with zero attached hydrogens (tertiary/aromatic N) is 1. The molecule has 14 heavy (non-hydrogen) atoms. The van der Waals surface area contributed by atoms with Gasteiger partial charge in [0.25, 0.3) is 0 Å². The van der Waals surface area contributed by atoms with Crippen LogP contribution in [0.1, 0.15) is 20.3 Å². The molecule has 4 nitrogen and oxygen atoms in total. The van der Waals surface area contributed by atoms with Gasteiger partial charge in [-0.15, -0.1) is 0 Å². The molecular formula is C9H19N4S+. The molecule has 5 heteroatoms. The van der Waals surface area contributed by atoms with E-state index in [0.29, 0.717) is 12.0 Å². The first kappa shape index (κ1) is 11.4. The van der Waals surface area contributed by atoms with Gasteiger partial charge in [-0.05, 0) is 19.1 Å². The molecule has 1 aliphatic heterocycles. The van der Waals surface area contributed by atoms with Crippen molar-refractivity contribution in [3.63, 3.8) is 0 Å². The fourth-order valence-electron chi connectivity index (χ4n) is 1.77. The Morgan fingerprint density at radius 3 is 2.86 bits per heavy atom. The fraction of sp³-hybridized carbons (Fsp3) is 0.778. The molecule has 1 saturated heterocycles. The third-order valence-electron chi connectivity index (χ3n) is 2.86. The molecule has 0 aromatic carbocycles. The molecule has 80 valence electrons. The van der Waals surface area contributed by atoms with Crippen LogP contribution >= 0.6 is 12.2 Å². The monoisotopic (exact) mass is 215 g/mol. The highest BCUT2D eigenvalue weighted by Crippen LogP contribution is 2.07. The average Bonchev–Trinajstić information content (AvgIpc) is 2.09. The molecule has 0 aromatic heterocycles. The zero-order chi connectivity index (χ0) is 10.7. The minimum Gasteiger partial charge on any atom is -0.375 e. The Kier molecular flexibility index (Phi) is 3.83. The number of hydrogen-bond donors (Lipinski definition) is 3. The van der Waals surface area contributed by atoms with Gasteiger partial charge in [-0.1, -0.05) is 6.92 Å². The van der Waals surface area contributed by atoms with E-state index >= 15 is 0 Å². The standard InChI is InChI=1S/C9H18N4S/c1-6-5-13(3)7(2)4-8(6)11-12-9(10)14/h6-7H,4-5H2,1-3H3,(H3,10,12,14)/p+1/t6-,7-/m0/s1. The molecular weight excluding hydrogens is 196 g/mol. The molecule has 1 unspecified atom stereocenters. The Labute approximate surface area is 90.5 Å². The molecule has 0 saturated carbocycles. The maximum absolute atomic E-state index is 5.33. The highest BCUT2D eigenvalue weighted by atomic mass is 32.1. The number of hydrogen-bond acceptors (Lipinski definition) is 2. The van der Waals surface area contributed by atoms with Crippen LogP contribution < -0.4 is 16.1 Å². The van der Waals surface area contributed by atoms with Crippen molar-refractivity contribution in [2.45, 2.75) is 26.3 Å². The minimum atomic E-state index is 0.239. The molecule has 1 aliphatic rings. The number of rotatable bonds is 1. The molecule has 0 amide bonds. The maximum atomic E-state index is 5.33. The van der Waals surface area contributed by atoms with Crippen molar-refractivity contribution in [3.8, 4) is 0 Å². The van der Waals surface area contributed by atoms with Crippen LogP contribution in [-0.2, 0) is 0 Å². The van der Waals surface area contributed by atoms with Crippen molar-refractivity contribution in [3.05, 3.63) is 0 Å². The molecule has 1 heterocycles. The maximum Gasteiger partial charge on any atom is 0.184 e. The normalized spacial score (nSPS) is 35.6. The van der Waals surface area contributed by atoms with Crippen LogP contribution in [0, 0.1) is 5.92 Å². The number of likely N-dealkylation sites (tertiary alicyclic amines) is 1. The van der Waals surface area contributed by atoms with E-state index in [9.17, 15) is 0 Å². The highest BCUT2D eigenvalue weighted by molar-refractivity contribution is 7.80. The van der Waals surface area contributed by atoms with E-state index in [2.05, 4.69) is 31.4 Å². The second kappa shape index (κ2) is 4.70. The largest absolute Gasteiger partial charge is 0.375 e. The molecule has 0 radical (unpaired) electrons. The molecule has 1 fully saturated rings. The van der Waals surface area contributed by atoms with Gasteiger partial charge >= 0.3 is 0 Å². The molecule has 0 aliphatic carbocycles. The summed E-state index contributed by atoms with van der Waals surface area (Å²) in [5, 5.41) is 4.48. The molecule has 1 rings (SSSR count). The van der Waals surface area contributed by atoms with Crippen LogP contribution in [0.4, 0.5) is 0 Å². The summed E-state index contributed by atoms with van der Waals surface area (Å²) in [6.07, 6.45) is 1.02. The van der Waals surface area contributed by atoms with E-state index < -0.39 is 0 Å². The third-order valence-corrected chi connectivity index (χ3v) is 2.95. The first-order valence-corrected chi connectivity index (χ1v) is 5.35. The number of hydrazone groups is 1. The highest BCUT2D eigenvalue weighted by Gasteiger charge is 2.28. The zero-order valence-corrected chi connectivity index (χ0v) is 9.82. The lowest BCUT2D eigenvalue weighted by atomic mass is 9.93. The molecule has 0 aromatic rings. The quantitative estimate of drug-likeness (QED) is 0.393. The topological polar surface area (TPSA) is 54.8 Å². The lowest BCUT2D eigenvalue weighted by molar-refractivity contribution is -0.908. The van der Waals surface area contributed by atoms with Gasteiger partial charge in [0, 0.05) is 12.3 Å². The smallest absolute Gasteiger partial charge is 0.184 e. The number of nitrogens with one attached hydrogen (secondary N) is 2. The summed E-state index contributed by atoms with van der Waals surface area (Å²) in [6, 6.07) is 0.623. The number of thiocarbonyl (C=S) groups is 1. The van der Waals surface area contributed by atoms with Crippen LogP contribution in [0.3, 0.4) is 0 Å². The Bertz CT molecular complexity index is 251. The lowest BCUT2D eigenvalue weighted by Crippen LogP contribution is -3.14. The van der Waals surface area contributed by atoms with Crippen molar-refractivity contribution in [1.82, 2.24) is 5.43 Å². The summed E-state index contributed by atoms with van der Waals surface area (Å²) in [6.45, 7) is 5.55. The van der Waals surface area contributed by atoms with Crippen LogP contribution in [0.25, 0.3) is 0 Å². The molecule has 0 spiro atoms. The summed E-state index contributed by atoms with van der Waals surface area (Å²) in [5.74, 6) is 0.507. The van der Waals surface area contributed by atoms with Crippen molar-refractivity contribution in [1.29, 1.82) is 0 Å². The Morgan fingerprint density at radius 1 is 1.64 bits per heavy atom. The van der Waals surface area contributed by atoms with Crippen LogP contribution in [0.5, 0.6) is 0 Å². The van der Waals surface area contributed by atoms with Gasteiger partial charge in [0.2, 0.25) is 0 Å². The van der Waals surface area contributed by atoms with Gasteiger partial charge in [0.05, 0.1) is 25.3 Å². The van der Waals surface area contributed by atoms with E-state index in [0.717, 1.165) is 13.0 Å². The van der Waals surface area contributed by atoms with Crippen LogP contribution in [0.15, 0.2) is 5.10 Å². The van der Waals surface area contributed by atoms with E-state index in [-0.39, 0.29) is 5.11 Å². The Balaban J connectivity index is 2.60. The first-order valence-electron chi connectivity index (χ1n) is 4.95. The van der Waals surface area contributed by atoms with Gasteiger partial charge < -0.3 is 10.6 Å². The van der Waals surface area contributed by atoms with Gasteiger partial charge in [-0.3, -0.25) is 5.43 Å². The number of nitrogens with two attached hydrogens (primary N) is 1. The van der Waals surface area contributed by atoms with E-state index in [4.69, 9.17) is 18.0 Å². The predicted molar refractivity (Wildman–Crippen MR) is 62.4 cm³/mol. The molecule has 0 bridgehead atoms. The number of piperidine rings is 1. The summed E-state index contributed by atoms with van der Waals surface area (Å²) in [4.78, 5) is 1.56. The Morgan fingerprint density at radius 2 is 2.29 bits per heavy atom. The minimum absolute atomic E-state index is 0.239. The van der Waals surface area contributed by atoms with Crippen molar-refractivity contribution >= 4 is 23.0 Å². The fourth-order valence-corrected chi connectivity index (χ4v) is 1.82. The first-order chi connectivity index (χ1) is 6.50. The zero-order valence-electron chi connectivity index (χ0n) is 9.00. The molecule has 4 N–H and O–H groups in total. The summed E-state index contributed by atoms with van der Waals surface area (Å²) in [5.41, 5.74) is 9.17. The SMILES string of the molecule is C[C@H]1C[NH+](C)[C@@H](C)CC1=NNC(N)=S. The second-order valence-electron chi connectivity index (χ2n) is 4.14. The van der Waals surface area contributed by atoms with Gasteiger partial charge in [0.15, 0.2) is 5.11 Å². The summed E-state index contributed by atoms with van der Waals surface area (Å²) < 4.78 is 0. The lowest BCUT2D eigenvalue weighted by Gasteiger charge is -2.31. The Hall–Kier alpha value is -0.680. The number of quaternary nitrogens is 1. The summed E-state index contributed by atoms with van der Waals surface area (Å²) >= 11 is 4.71. The van der Waals surface area contributed by atoms with E-state index in [1.165, 1.54) is 5.71 Å². The van der Waals surface area contributed by atoms with Crippen LogP contribution in [-0.4, -0.2) is 30.5 Å². The van der Waals surface area contributed by atoms with Crippen molar-refractivity contribution < 1.29 is 4.90 Å². The average molecular weight is 215 g/mol. The van der Waals surface area contributed by atoms with Crippen molar-refractivity contribution in [2.75, 3.05) is 13.6 Å². The van der Waals surface area contributed by atoms with Gasteiger partial charge in [-0.25, -0.2) is 0 Å². The van der Waals surface area contributed by atoms with Gasteiger partial charge in [0.1, 0.15) is 0 Å². The van der Waals surface area contributed by atoms with E-state index in [1.54, 1.807) is 4.90 Å². The van der Waals surface area contributed by atoms with Crippen LogP contribution in [0.2, 0.25) is 0 Å². The summed E-state index contributed by atoms with van der Waals surface area (Å²) in [7, 11) is 2.22. The third kappa shape index (κ3) is 2.92. The van der Waals surface area contributed by atoms with Gasteiger partial charge in [-0.2, -0.15) is 5.10 Å². The van der Waals surface area contributed by atoms with E-state index in [1.807, 2.05) is 0 Å². The van der Waals surface area contributed by atoms with Crippen molar-refractivity contribution in [2.24, 2.45) is 16.8 Å². The molecule has 3 atom stereocenters. The predicted octanol–water partition coefficient (Wildman–Crippen LogP) is -0.881.